The minimum absolute atomic E-state index is 0.235. The molecule has 0 saturated carbocycles. The number of likely N-dealkylation sites (tertiary alicyclic amines) is 1. The van der Waals surface area contributed by atoms with Crippen molar-refractivity contribution in [3.05, 3.63) is 114 Å². The van der Waals surface area contributed by atoms with Crippen LogP contribution in [0.2, 0.25) is 0 Å². The molecule has 6 nitrogen and oxygen atoms in total. The Morgan fingerprint density at radius 1 is 0.765 bits per heavy atom. The maximum Gasteiger partial charge on any atom is 0.249 e. The van der Waals surface area contributed by atoms with Gasteiger partial charge in [0, 0.05) is 18.7 Å². The second-order valence-corrected chi connectivity index (χ2v) is 8.76. The number of carbonyl (C=O) groups excluding carboxylic acids is 2. The number of likely N-dealkylation sites (N-methyl/N-ethyl adjacent to an activating group) is 1. The normalized spacial score (nSPS) is 23.3. The third-order valence-corrected chi connectivity index (χ3v) is 6.72. The number of para-hydroxylation sites is 1. The number of benzene rings is 3. The molecule has 0 spiro atoms. The summed E-state index contributed by atoms with van der Waals surface area (Å²) in [5.41, 5.74) is 6.06. The summed E-state index contributed by atoms with van der Waals surface area (Å²) in [5.74, 6) is -1.44. The van der Waals surface area contributed by atoms with E-state index in [1.165, 1.54) is 11.9 Å². The van der Waals surface area contributed by atoms with Crippen molar-refractivity contribution in [1.82, 2.24) is 9.91 Å². The van der Waals surface area contributed by atoms with Crippen LogP contribution in [-0.4, -0.2) is 52.1 Å². The summed E-state index contributed by atoms with van der Waals surface area (Å²) in [6.45, 7) is 0. The number of hydrazine groups is 1. The van der Waals surface area contributed by atoms with E-state index in [1.807, 2.05) is 97.1 Å². The molecule has 2 aliphatic rings. The van der Waals surface area contributed by atoms with Crippen LogP contribution >= 0.6 is 0 Å². The topological polar surface area (TPSA) is 72.9 Å². The molecular weight excluding hydrogens is 426 g/mol. The van der Waals surface area contributed by atoms with Gasteiger partial charge in [0.2, 0.25) is 11.8 Å². The van der Waals surface area contributed by atoms with Gasteiger partial charge in [-0.2, -0.15) is 0 Å². The number of fused-ring (bicyclic) bond motifs is 1. The van der Waals surface area contributed by atoms with E-state index >= 15 is 0 Å². The van der Waals surface area contributed by atoms with Crippen LogP contribution in [0.15, 0.2) is 103 Å². The highest BCUT2D eigenvalue weighted by Gasteiger charge is 2.53. The van der Waals surface area contributed by atoms with Gasteiger partial charge in [-0.1, -0.05) is 91.0 Å². The molecule has 3 aromatic carbocycles. The monoisotopic (exact) mass is 453 g/mol. The molecule has 2 heterocycles. The lowest BCUT2D eigenvalue weighted by molar-refractivity contribution is -0.138. The number of amides is 2. The van der Waals surface area contributed by atoms with Crippen molar-refractivity contribution in [2.24, 2.45) is 5.92 Å². The third kappa shape index (κ3) is 3.91. The first-order valence-electron chi connectivity index (χ1n) is 11.4. The minimum atomic E-state index is -0.896. The van der Waals surface area contributed by atoms with E-state index in [9.17, 15) is 14.7 Å². The highest BCUT2D eigenvalue weighted by Crippen LogP contribution is 2.37. The van der Waals surface area contributed by atoms with Gasteiger partial charge in [-0.05, 0) is 23.3 Å². The summed E-state index contributed by atoms with van der Waals surface area (Å²) in [7, 11) is 1.51. The molecule has 172 valence electrons. The Morgan fingerprint density at radius 3 is 1.85 bits per heavy atom. The maximum atomic E-state index is 13.1. The second kappa shape index (κ2) is 9.25. The quantitative estimate of drug-likeness (QED) is 0.442. The predicted molar refractivity (Wildman–Crippen MR) is 131 cm³/mol. The fourth-order valence-electron chi connectivity index (χ4n) is 5.00. The number of carbonyl (C=O) groups is 2. The van der Waals surface area contributed by atoms with Crippen LogP contribution in [0.5, 0.6) is 0 Å². The molecule has 2 N–H and O–H groups in total. The Morgan fingerprint density at radius 2 is 1.29 bits per heavy atom. The van der Waals surface area contributed by atoms with Gasteiger partial charge < -0.3 is 10.5 Å². The van der Waals surface area contributed by atoms with Gasteiger partial charge in [0.15, 0.2) is 0 Å². The van der Waals surface area contributed by atoms with Crippen molar-refractivity contribution in [2.75, 3.05) is 12.5 Å². The number of hydrogen-bond donors (Lipinski definition) is 2. The number of hydrogen-bond acceptors (Lipinski definition) is 5. The molecule has 0 bridgehead atoms. The molecule has 1 saturated heterocycles. The van der Waals surface area contributed by atoms with Crippen LogP contribution in [0, 0.1) is 5.92 Å². The first kappa shape index (κ1) is 22.1. The van der Waals surface area contributed by atoms with Gasteiger partial charge in [-0.15, -0.1) is 0 Å². The van der Waals surface area contributed by atoms with Crippen molar-refractivity contribution < 1.29 is 14.7 Å². The van der Waals surface area contributed by atoms with E-state index in [-0.39, 0.29) is 17.7 Å². The summed E-state index contributed by atoms with van der Waals surface area (Å²) < 4.78 is 0. The third-order valence-electron chi connectivity index (χ3n) is 6.72. The van der Waals surface area contributed by atoms with Crippen LogP contribution in [-0.2, 0) is 9.59 Å². The van der Waals surface area contributed by atoms with E-state index < -0.39 is 24.1 Å². The summed E-state index contributed by atoms with van der Waals surface area (Å²) in [4.78, 5) is 27.1. The lowest BCUT2D eigenvalue weighted by Crippen LogP contribution is -2.58. The fourth-order valence-corrected chi connectivity index (χ4v) is 5.00. The van der Waals surface area contributed by atoms with Crippen molar-refractivity contribution in [1.29, 1.82) is 0 Å². The number of imide groups is 1. The van der Waals surface area contributed by atoms with Gasteiger partial charge in [0.25, 0.3) is 0 Å². The Labute approximate surface area is 199 Å². The van der Waals surface area contributed by atoms with Crippen LogP contribution < -0.4 is 5.43 Å². The molecule has 4 unspecified atom stereocenters. The SMILES string of the molecule is CN1C(=O)C2C=CC(C(O)C(c3ccccc3)c3ccccc3)N(Nc3ccccc3)C2C1=O. The number of rotatable bonds is 6. The van der Waals surface area contributed by atoms with Gasteiger partial charge >= 0.3 is 0 Å². The highest BCUT2D eigenvalue weighted by atomic mass is 16.3. The molecule has 3 aromatic rings. The molecule has 34 heavy (non-hydrogen) atoms. The van der Waals surface area contributed by atoms with Gasteiger partial charge in [-0.25, -0.2) is 5.01 Å². The molecule has 0 radical (unpaired) electrons. The number of nitrogens with zero attached hydrogens (tertiary/aromatic N) is 2. The van der Waals surface area contributed by atoms with Crippen molar-refractivity contribution in [3.8, 4) is 0 Å². The average Bonchev–Trinajstić information content (AvgIpc) is 3.10. The van der Waals surface area contributed by atoms with Crippen molar-refractivity contribution >= 4 is 17.5 Å². The molecule has 6 heteroatoms. The van der Waals surface area contributed by atoms with Crippen molar-refractivity contribution in [3.63, 3.8) is 0 Å². The van der Waals surface area contributed by atoms with Crippen LogP contribution in [0.1, 0.15) is 17.0 Å². The van der Waals surface area contributed by atoms with E-state index in [0.717, 1.165) is 16.8 Å². The van der Waals surface area contributed by atoms with E-state index in [4.69, 9.17) is 0 Å². The Bertz CT molecular complexity index is 1140. The van der Waals surface area contributed by atoms with E-state index in [0.29, 0.717) is 0 Å². The Balaban J connectivity index is 1.58. The Hall–Kier alpha value is -3.74. The van der Waals surface area contributed by atoms with Crippen LogP contribution in [0.4, 0.5) is 5.69 Å². The lowest BCUT2D eigenvalue weighted by Gasteiger charge is -2.42. The molecule has 4 atom stereocenters. The summed E-state index contributed by atoms with van der Waals surface area (Å²) in [6, 6.07) is 27.9. The fraction of sp³-hybridized carbons (Fsp3) is 0.214. The average molecular weight is 454 g/mol. The summed E-state index contributed by atoms with van der Waals surface area (Å²) in [6.07, 6.45) is 2.73. The zero-order valence-electron chi connectivity index (χ0n) is 18.9. The predicted octanol–water partition coefficient (Wildman–Crippen LogP) is 3.43. The minimum Gasteiger partial charge on any atom is -0.390 e. The maximum absolute atomic E-state index is 13.1. The van der Waals surface area contributed by atoms with E-state index in [1.54, 1.807) is 11.1 Å². The number of nitrogens with one attached hydrogen (secondary N) is 1. The number of aliphatic hydroxyl groups is 1. The summed E-state index contributed by atoms with van der Waals surface area (Å²) in [5, 5.41) is 13.6. The summed E-state index contributed by atoms with van der Waals surface area (Å²) >= 11 is 0. The molecule has 2 amide bonds. The standard InChI is InChI=1S/C28H27N3O3/c1-30-27(33)22-17-18-23(31(25(22)28(30)34)29-21-15-9-4-10-16-21)26(32)24(19-11-5-2-6-12-19)20-13-7-3-8-14-20/h2-18,22-26,29,32H,1H3. The molecule has 0 aromatic heterocycles. The lowest BCUT2D eigenvalue weighted by atomic mass is 9.81. The van der Waals surface area contributed by atoms with Crippen LogP contribution in [0.3, 0.4) is 0 Å². The molecule has 0 aliphatic carbocycles. The highest BCUT2D eigenvalue weighted by molar-refractivity contribution is 6.08. The van der Waals surface area contributed by atoms with Gasteiger partial charge in [0.1, 0.15) is 6.04 Å². The molecule has 5 rings (SSSR count). The number of anilines is 1. The van der Waals surface area contributed by atoms with Crippen LogP contribution in [0.25, 0.3) is 0 Å². The molecule has 2 aliphatic heterocycles. The second-order valence-electron chi connectivity index (χ2n) is 8.76. The largest absolute Gasteiger partial charge is 0.390 e. The van der Waals surface area contributed by atoms with Crippen molar-refractivity contribution in [2.45, 2.75) is 24.1 Å². The zero-order chi connectivity index (χ0) is 23.7. The first-order chi connectivity index (χ1) is 16.6. The molecular formula is C28H27N3O3. The van der Waals surface area contributed by atoms with Gasteiger partial charge in [0.05, 0.1) is 18.1 Å². The molecule has 1 fully saturated rings. The van der Waals surface area contributed by atoms with E-state index in [2.05, 4.69) is 5.43 Å². The first-order valence-corrected chi connectivity index (χ1v) is 11.4. The van der Waals surface area contributed by atoms with Gasteiger partial charge in [-0.3, -0.25) is 14.5 Å². The number of aliphatic hydroxyl groups excluding tert-OH is 1. The smallest absolute Gasteiger partial charge is 0.249 e. The zero-order valence-corrected chi connectivity index (χ0v) is 18.9. The Kier molecular flexibility index (Phi) is 6.01.